The second-order valence-corrected chi connectivity index (χ2v) is 9.51. The van der Waals surface area contributed by atoms with Crippen molar-refractivity contribution in [1.82, 2.24) is 15.5 Å². The molecule has 5 amide bonds. The largest absolute Gasteiger partial charge is 0.397 e. The summed E-state index contributed by atoms with van der Waals surface area (Å²) in [4.78, 5) is 64.5. The molecule has 0 radical (unpaired) electrons. The number of piperidine rings is 2. The summed E-state index contributed by atoms with van der Waals surface area (Å²) in [5.74, 6) is -3.38. The Hall–Kier alpha value is -3.44. The average Bonchev–Trinajstić information content (AvgIpc) is 3.03. The maximum absolute atomic E-state index is 13.3. The van der Waals surface area contributed by atoms with E-state index in [2.05, 4.69) is 10.6 Å². The van der Waals surface area contributed by atoms with Crippen LogP contribution in [-0.4, -0.2) is 66.3 Å². The molecule has 4 rings (SSSR count). The van der Waals surface area contributed by atoms with Gasteiger partial charge >= 0.3 is 6.18 Å². The smallest absolute Gasteiger partial charge is 0.371 e. The van der Waals surface area contributed by atoms with Crippen LogP contribution in [0.5, 0.6) is 0 Å². The van der Waals surface area contributed by atoms with Crippen LogP contribution < -0.4 is 15.5 Å². The molecule has 0 spiro atoms. The number of alkyl halides is 3. The van der Waals surface area contributed by atoms with E-state index in [1.165, 1.54) is 6.07 Å². The monoisotopic (exact) mass is 494 g/mol. The molecule has 2 saturated heterocycles. The first-order chi connectivity index (χ1) is 16.4. The van der Waals surface area contributed by atoms with Crippen molar-refractivity contribution in [3.8, 4) is 0 Å². The second kappa shape index (κ2) is 8.97. The fourth-order valence-electron chi connectivity index (χ4n) is 4.78. The molecule has 0 aliphatic carbocycles. The number of nitrogens with one attached hydrogen (secondary N) is 2. The fraction of sp³-hybridized carbons (Fsp3) is 0.522. The highest BCUT2D eigenvalue weighted by Crippen LogP contribution is 2.38. The molecule has 3 aliphatic rings. The predicted molar refractivity (Wildman–Crippen MR) is 116 cm³/mol. The second-order valence-electron chi connectivity index (χ2n) is 9.51. The number of anilines is 1. The molecule has 2 fully saturated rings. The highest BCUT2D eigenvalue weighted by atomic mass is 19.4. The summed E-state index contributed by atoms with van der Waals surface area (Å²) in [6, 6.07) is 3.83. The molecule has 1 atom stereocenters. The van der Waals surface area contributed by atoms with Gasteiger partial charge in [-0.15, -0.1) is 0 Å². The normalized spacial score (nSPS) is 22.2. The van der Waals surface area contributed by atoms with E-state index in [0.717, 1.165) is 4.90 Å². The van der Waals surface area contributed by atoms with Crippen molar-refractivity contribution in [2.75, 3.05) is 24.5 Å². The van der Waals surface area contributed by atoms with Gasteiger partial charge in [-0.1, -0.05) is 13.0 Å². The number of hydrogen-bond donors (Lipinski definition) is 2. The number of benzene rings is 1. The van der Waals surface area contributed by atoms with Gasteiger partial charge in [0.1, 0.15) is 12.5 Å². The zero-order valence-electron chi connectivity index (χ0n) is 19.0. The Balaban J connectivity index is 1.45. The molecule has 0 aromatic heterocycles. The van der Waals surface area contributed by atoms with Crippen LogP contribution in [-0.2, 0) is 14.4 Å². The molecular weight excluding hydrogens is 469 g/mol. The number of hydrogen-bond acceptors (Lipinski definition) is 6. The van der Waals surface area contributed by atoms with Crippen LogP contribution in [0.1, 0.15) is 59.7 Å². The lowest BCUT2D eigenvalue weighted by atomic mass is 9.80. The number of nitrogens with zero attached hydrogens (tertiary/aromatic N) is 2. The van der Waals surface area contributed by atoms with Gasteiger partial charge in [0.25, 0.3) is 11.8 Å². The number of amides is 5. The van der Waals surface area contributed by atoms with E-state index in [0.29, 0.717) is 31.6 Å². The molecule has 12 heteroatoms. The molecule has 1 aromatic carbocycles. The standard InChI is InChI=1S/C23H25F3N4O5/c1-22(12-27-17(32)11-23(24,25)26)7-9-29(10-8-22)14-4-2-3-13-18(14)21(35)30(20(13)34)15-5-6-16(31)28-19(15)33/h2-4,15H,5-12H2,1H3,(H,27,32)(H,28,31,33). The quantitative estimate of drug-likeness (QED) is 0.603. The number of fused-ring (bicyclic) bond motifs is 1. The number of carbonyl (C=O) groups is 5. The SMILES string of the molecule is CC1(CNC(=O)CC(F)(F)F)CCN(c2cccc3c2C(=O)N(C2CCC(=O)NC2=O)C3=O)CC1. The van der Waals surface area contributed by atoms with E-state index in [-0.39, 0.29) is 30.5 Å². The van der Waals surface area contributed by atoms with Crippen LogP contribution in [0.25, 0.3) is 0 Å². The van der Waals surface area contributed by atoms with Crippen LogP contribution in [0.4, 0.5) is 18.9 Å². The zero-order chi connectivity index (χ0) is 25.5. The number of imide groups is 2. The Morgan fingerprint density at radius 2 is 1.83 bits per heavy atom. The van der Waals surface area contributed by atoms with Gasteiger partial charge < -0.3 is 10.2 Å². The lowest BCUT2D eigenvalue weighted by molar-refractivity contribution is -0.154. The highest BCUT2D eigenvalue weighted by Gasteiger charge is 2.46. The fourth-order valence-corrected chi connectivity index (χ4v) is 4.78. The molecule has 9 nitrogen and oxygen atoms in total. The average molecular weight is 494 g/mol. The molecule has 1 unspecified atom stereocenters. The Morgan fingerprint density at radius 1 is 1.14 bits per heavy atom. The van der Waals surface area contributed by atoms with Gasteiger partial charge in [-0.05, 0) is 36.8 Å². The molecule has 0 bridgehead atoms. The summed E-state index contributed by atoms with van der Waals surface area (Å²) in [7, 11) is 0. The minimum absolute atomic E-state index is 0.0287. The van der Waals surface area contributed by atoms with Gasteiger partial charge in [0.2, 0.25) is 17.7 Å². The zero-order valence-corrected chi connectivity index (χ0v) is 19.0. The van der Waals surface area contributed by atoms with Gasteiger partial charge in [0.05, 0.1) is 16.8 Å². The summed E-state index contributed by atoms with van der Waals surface area (Å²) in [6.07, 6.45) is -4.91. The molecule has 3 heterocycles. The number of halogens is 3. The third-order valence-electron chi connectivity index (χ3n) is 6.83. The first-order valence-electron chi connectivity index (χ1n) is 11.3. The molecule has 2 N–H and O–H groups in total. The summed E-state index contributed by atoms with van der Waals surface area (Å²) in [5.41, 5.74) is 0.502. The number of rotatable bonds is 5. The van der Waals surface area contributed by atoms with E-state index >= 15 is 0 Å². The lowest BCUT2D eigenvalue weighted by Gasteiger charge is -2.41. The van der Waals surface area contributed by atoms with Crippen molar-refractivity contribution in [3.05, 3.63) is 29.3 Å². The summed E-state index contributed by atoms with van der Waals surface area (Å²) >= 11 is 0. The third kappa shape index (κ3) is 5.01. The van der Waals surface area contributed by atoms with Crippen molar-refractivity contribution in [3.63, 3.8) is 0 Å². The predicted octanol–water partition coefficient (Wildman–Crippen LogP) is 1.76. The highest BCUT2D eigenvalue weighted by molar-refractivity contribution is 6.25. The molecule has 0 saturated carbocycles. The molecule has 35 heavy (non-hydrogen) atoms. The van der Waals surface area contributed by atoms with Crippen LogP contribution in [0, 0.1) is 5.41 Å². The Labute approximate surface area is 199 Å². The van der Waals surface area contributed by atoms with E-state index in [1.54, 1.807) is 12.1 Å². The first kappa shape index (κ1) is 24.7. The molecule has 3 aliphatic heterocycles. The van der Waals surface area contributed by atoms with Crippen molar-refractivity contribution in [2.45, 2.75) is 51.2 Å². The Kier molecular flexibility index (Phi) is 6.32. The van der Waals surface area contributed by atoms with Crippen molar-refractivity contribution in [2.24, 2.45) is 5.41 Å². The summed E-state index contributed by atoms with van der Waals surface area (Å²) < 4.78 is 37.2. The van der Waals surface area contributed by atoms with Gasteiger partial charge in [-0.25, -0.2) is 0 Å². The van der Waals surface area contributed by atoms with Crippen molar-refractivity contribution < 1.29 is 37.1 Å². The van der Waals surface area contributed by atoms with Gasteiger partial charge in [0, 0.05) is 26.1 Å². The van der Waals surface area contributed by atoms with Crippen LogP contribution >= 0.6 is 0 Å². The number of carbonyl (C=O) groups excluding carboxylic acids is 5. The van der Waals surface area contributed by atoms with Gasteiger partial charge in [-0.2, -0.15) is 13.2 Å². The topological polar surface area (TPSA) is 116 Å². The third-order valence-corrected chi connectivity index (χ3v) is 6.83. The van der Waals surface area contributed by atoms with Crippen LogP contribution in [0.2, 0.25) is 0 Å². The van der Waals surface area contributed by atoms with Crippen LogP contribution in [0.15, 0.2) is 18.2 Å². The summed E-state index contributed by atoms with van der Waals surface area (Å²) in [5, 5.41) is 4.53. The Bertz CT molecular complexity index is 1100. The van der Waals surface area contributed by atoms with Crippen molar-refractivity contribution >= 4 is 35.2 Å². The van der Waals surface area contributed by atoms with Crippen LogP contribution in [0.3, 0.4) is 0 Å². The van der Waals surface area contributed by atoms with E-state index in [9.17, 15) is 37.1 Å². The maximum Gasteiger partial charge on any atom is 0.397 e. The summed E-state index contributed by atoms with van der Waals surface area (Å²) in [6.45, 7) is 2.90. The van der Waals surface area contributed by atoms with Gasteiger partial charge in [-0.3, -0.25) is 34.2 Å². The van der Waals surface area contributed by atoms with E-state index in [4.69, 9.17) is 0 Å². The maximum atomic E-state index is 13.3. The van der Waals surface area contributed by atoms with E-state index in [1.807, 2.05) is 11.8 Å². The molecule has 1 aromatic rings. The first-order valence-corrected chi connectivity index (χ1v) is 11.3. The van der Waals surface area contributed by atoms with E-state index < -0.39 is 53.6 Å². The molecular formula is C23H25F3N4O5. The molecule has 188 valence electrons. The lowest BCUT2D eigenvalue weighted by Crippen LogP contribution is -2.54. The minimum Gasteiger partial charge on any atom is -0.371 e. The van der Waals surface area contributed by atoms with Crippen molar-refractivity contribution in [1.29, 1.82) is 0 Å². The Morgan fingerprint density at radius 3 is 2.46 bits per heavy atom. The van der Waals surface area contributed by atoms with Gasteiger partial charge in [0.15, 0.2) is 0 Å². The minimum atomic E-state index is -4.56.